The van der Waals surface area contributed by atoms with Crippen LogP contribution in [0.25, 0.3) is 0 Å². The quantitative estimate of drug-likeness (QED) is 0.0617. The Morgan fingerprint density at radius 1 is 0.283 bits per heavy atom. The van der Waals surface area contributed by atoms with E-state index in [9.17, 15) is 0 Å². The highest BCUT2D eigenvalue weighted by atomic mass is 15.4. The minimum Gasteiger partial charge on any atom is -0.356 e. The predicted octanol–water partition coefficient (Wildman–Crippen LogP) is 15.5. The zero-order chi connectivity index (χ0) is 33.0. The minimum atomic E-state index is 0.639. The molecule has 0 aromatic carbocycles. The van der Waals surface area contributed by atoms with Gasteiger partial charge in [-0.3, -0.25) is 0 Å². The highest BCUT2D eigenvalue weighted by Gasteiger charge is 2.24. The van der Waals surface area contributed by atoms with E-state index in [1.807, 2.05) is 0 Å². The third-order valence-electron chi connectivity index (χ3n) is 10.8. The Morgan fingerprint density at radius 3 is 0.761 bits per heavy atom. The molecule has 1 atom stereocenters. The van der Waals surface area contributed by atoms with Gasteiger partial charge in [-0.25, -0.2) is 0 Å². The lowest BCUT2D eigenvalue weighted by Gasteiger charge is -2.33. The summed E-state index contributed by atoms with van der Waals surface area (Å²) in [6.45, 7) is 9.48. The molecule has 2 nitrogen and oxygen atoms in total. The minimum absolute atomic E-state index is 0.639. The maximum Gasteiger partial charge on any atom is 0.101 e. The lowest BCUT2D eigenvalue weighted by Crippen LogP contribution is -2.39. The van der Waals surface area contributed by atoms with Crippen molar-refractivity contribution in [2.24, 2.45) is 0 Å². The molecular formula is C44H88N2. The molecule has 0 spiro atoms. The van der Waals surface area contributed by atoms with Gasteiger partial charge >= 0.3 is 0 Å². The summed E-state index contributed by atoms with van der Waals surface area (Å²) < 4.78 is 0. The van der Waals surface area contributed by atoms with Crippen LogP contribution in [0.1, 0.15) is 252 Å². The molecule has 2 heteroatoms. The van der Waals surface area contributed by atoms with E-state index in [1.165, 1.54) is 244 Å². The molecule has 1 aliphatic heterocycles. The summed E-state index contributed by atoms with van der Waals surface area (Å²) in [4.78, 5) is 5.43. The molecule has 0 aliphatic carbocycles. The van der Waals surface area contributed by atoms with Crippen molar-refractivity contribution in [3.05, 3.63) is 12.4 Å². The molecule has 274 valence electrons. The SMILES string of the molecule is CCCCCCCCCCCCCCCCCCC1N(CCCCCCC)C=CN1CCCCCCCCCCCCCCCC. The van der Waals surface area contributed by atoms with Crippen molar-refractivity contribution in [1.29, 1.82) is 0 Å². The lowest BCUT2D eigenvalue weighted by molar-refractivity contribution is 0.135. The van der Waals surface area contributed by atoms with E-state index < -0.39 is 0 Å². The number of rotatable bonds is 38. The zero-order valence-electron chi connectivity index (χ0n) is 32.5. The molecule has 0 radical (unpaired) electrons. The Kier molecular flexibility index (Phi) is 33.6. The molecule has 1 heterocycles. The van der Waals surface area contributed by atoms with Crippen LogP contribution in [0, 0.1) is 0 Å². The Balaban J connectivity index is 2.11. The van der Waals surface area contributed by atoms with Crippen LogP contribution in [0.5, 0.6) is 0 Å². The smallest absolute Gasteiger partial charge is 0.101 e. The second-order valence-electron chi connectivity index (χ2n) is 15.4. The third-order valence-corrected chi connectivity index (χ3v) is 10.8. The Labute approximate surface area is 292 Å². The molecule has 46 heavy (non-hydrogen) atoms. The highest BCUT2D eigenvalue weighted by molar-refractivity contribution is 4.97. The third kappa shape index (κ3) is 27.3. The van der Waals surface area contributed by atoms with Crippen molar-refractivity contribution in [3.8, 4) is 0 Å². The first kappa shape index (κ1) is 43.4. The van der Waals surface area contributed by atoms with Crippen molar-refractivity contribution in [2.75, 3.05) is 13.1 Å². The molecule has 0 saturated carbocycles. The number of hydrogen-bond donors (Lipinski definition) is 0. The van der Waals surface area contributed by atoms with Crippen molar-refractivity contribution < 1.29 is 0 Å². The van der Waals surface area contributed by atoms with E-state index in [-0.39, 0.29) is 0 Å². The lowest BCUT2D eigenvalue weighted by atomic mass is 10.0. The maximum atomic E-state index is 2.72. The Bertz CT molecular complexity index is 601. The van der Waals surface area contributed by atoms with Crippen LogP contribution in [0.15, 0.2) is 12.4 Å². The van der Waals surface area contributed by atoms with E-state index in [4.69, 9.17) is 0 Å². The second kappa shape index (κ2) is 35.6. The maximum absolute atomic E-state index is 2.72. The van der Waals surface area contributed by atoms with E-state index in [0.717, 1.165) is 0 Å². The van der Waals surface area contributed by atoms with Gasteiger partial charge in [-0.05, 0) is 25.7 Å². The summed E-state index contributed by atoms with van der Waals surface area (Å²) in [5.74, 6) is 0. The van der Waals surface area contributed by atoms with Crippen LogP contribution in [-0.4, -0.2) is 29.1 Å². The monoisotopic (exact) mass is 645 g/mol. The summed E-state index contributed by atoms with van der Waals surface area (Å²) in [5.41, 5.74) is 0. The van der Waals surface area contributed by atoms with Crippen molar-refractivity contribution in [1.82, 2.24) is 9.80 Å². The van der Waals surface area contributed by atoms with Gasteiger partial charge in [0.05, 0.1) is 0 Å². The summed E-state index contributed by atoms with van der Waals surface area (Å²) in [5, 5.41) is 0. The fourth-order valence-corrected chi connectivity index (χ4v) is 7.60. The van der Waals surface area contributed by atoms with Crippen LogP contribution in [0.2, 0.25) is 0 Å². The fraction of sp³-hybridized carbons (Fsp3) is 0.955. The second-order valence-corrected chi connectivity index (χ2v) is 15.4. The largest absolute Gasteiger partial charge is 0.356 e. The first-order valence-electron chi connectivity index (χ1n) is 22.0. The molecule has 0 saturated heterocycles. The fourth-order valence-electron chi connectivity index (χ4n) is 7.60. The summed E-state index contributed by atoms with van der Waals surface area (Å²) >= 11 is 0. The van der Waals surface area contributed by atoms with Crippen LogP contribution in [0.3, 0.4) is 0 Å². The summed E-state index contributed by atoms with van der Waals surface area (Å²) in [6, 6.07) is 0. The molecule has 0 aromatic heterocycles. The highest BCUT2D eigenvalue weighted by Crippen LogP contribution is 2.24. The van der Waals surface area contributed by atoms with E-state index in [1.54, 1.807) is 0 Å². The summed E-state index contributed by atoms with van der Waals surface area (Å²) in [6.07, 6.45) is 57.4. The van der Waals surface area contributed by atoms with Gasteiger partial charge in [0.2, 0.25) is 0 Å². The van der Waals surface area contributed by atoms with Gasteiger partial charge in [0.25, 0.3) is 0 Å². The molecule has 1 aliphatic rings. The number of unbranched alkanes of at least 4 members (excludes halogenated alkanes) is 32. The van der Waals surface area contributed by atoms with Gasteiger partial charge in [-0.15, -0.1) is 0 Å². The predicted molar refractivity (Wildman–Crippen MR) is 210 cm³/mol. The number of nitrogens with zero attached hydrogens (tertiary/aromatic N) is 2. The van der Waals surface area contributed by atoms with Gasteiger partial charge in [0.15, 0.2) is 0 Å². The average molecular weight is 645 g/mol. The van der Waals surface area contributed by atoms with Crippen molar-refractivity contribution >= 4 is 0 Å². The van der Waals surface area contributed by atoms with Gasteiger partial charge in [-0.2, -0.15) is 0 Å². The van der Waals surface area contributed by atoms with Crippen molar-refractivity contribution in [2.45, 2.75) is 258 Å². The molecule has 0 aromatic rings. The average Bonchev–Trinajstić information content (AvgIpc) is 3.45. The Hall–Kier alpha value is -0.660. The topological polar surface area (TPSA) is 6.48 Å². The first-order valence-corrected chi connectivity index (χ1v) is 22.0. The molecule has 0 N–H and O–H groups in total. The van der Waals surface area contributed by atoms with Crippen LogP contribution in [-0.2, 0) is 0 Å². The van der Waals surface area contributed by atoms with Gasteiger partial charge in [0.1, 0.15) is 6.17 Å². The molecule has 0 amide bonds. The van der Waals surface area contributed by atoms with Crippen LogP contribution < -0.4 is 0 Å². The van der Waals surface area contributed by atoms with E-state index >= 15 is 0 Å². The van der Waals surface area contributed by atoms with Gasteiger partial charge in [-0.1, -0.05) is 226 Å². The van der Waals surface area contributed by atoms with E-state index in [0.29, 0.717) is 6.17 Å². The normalized spacial score (nSPS) is 14.7. The molecule has 0 bridgehead atoms. The molecule has 0 fully saturated rings. The standard InChI is InChI=1S/C44H88N2/c1-4-7-10-13-15-17-19-21-23-24-25-27-29-31-33-36-39-44-45(40-37-34-12-9-6-3)42-43-46(44)41-38-35-32-30-28-26-22-20-18-16-14-11-8-5-2/h42-44H,4-41H2,1-3H3. The van der Waals surface area contributed by atoms with E-state index in [2.05, 4.69) is 43.0 Å². The Morgan fingerprint density at radius 2 is 0.500 bits per heavy atom. The van der Waals surface area contributed by atoms with Crippen LogP contribution in [0.4, 0.5) is 0 Å². The number of hydrogen-bond acceptors (Lipinski definition) is 2. The summed E-state index contributed by atoms with van der Waals surface area (Å²) in [7, 11) is 0. The van der Waals surface area contributed by atoms with Gasteiger partial charge < -0.3 is 9.80 Å². The zero-order valence-corrected chi connectivity index (χ0v) is 32.5. The molecule has 1 rings (SSSR count). The van der Waals surface area contributed by atoms with Gasteiger partial charge in [0, 0.05) is 25.5 Å². The van der Waals surface area contributed by atoms with Crippen LogP contribution >= 0.6 is 0 Å². The molecule has 1 unspecified atom stereocenters. The first-order chi connectivity index (χ1) is 22.8. The molecular weight excluding hydrogens is 556 g/mol. The van der Waals surface area contributed by atoms with Crippen molar-refractivity contribution in [3.63, 3.8) is 0 Å².